The average Bonchev–Trinajstić information content (AvgIpc) is 2.60. The molecule has 1 nitrogen and oxygen atoms in total. The van der Waals surface area contributed by atoms with Gasteiger partial charge in [0.15, 0.2) is 0 Å². The summed E-state index contributed by atoms with van der Waals surface area (Å²) in [5.41, 5.74) is 4.40. The molecule has 1 heterocycles. The van der Waals surface area contributed by atoms with Crippen LogP contribution in [0.4, 0.5) is 5.69 Å². The Morgan fingerprint density at radius 1 is 1.43 bits per heavy atom. The van der Waals surface area contributed by atoms with Gasteiger partial charge in [-0.3, -0.25) is 0 Å². The number of fused-ring (bicyclic) bond motifs is 1. The second-order valence-corrected chi connectivity index (χ2v) is 4.47. The number of benzene rings is 1. The van der Waals surface area contributed by atoms with Crippen LogP contribution in [0.5, 0.6) is 0 Å². The van der Waals surface area contributed by atoms with E-state index >= 15 is 0 Å². The maximum Gasteiger partial charge on any atom is 0.0409 e. The van der Waals surface area contributed by atoms with Crippen molar-refractivity contribution in [2.45, 2.75) is 33.1 Å². The number of hydrogen-bond acceptors (Lipinski definition) is 1. The Morgan fingerprint density at radius 2 is 2.21 bits per heavy atom. The Bertz CT molecular complexity index is 328. The smallest absolute Gasteiger partial charge is 0.0409 e. The van der Waals surface area contributed by atoms with Gasteiger partial charge in [0.25, 0.3) is 0 Å². The Balaban J connectivity index is 2.41. The van der Waals surface area contributed by atoms with Gasteiger partial charge >= 0.3 is 0 Å². The van der Waals surface area contributed by atoms with Crippen molar-refractivity contribution >= 4 is 5.69 Å². The van der Waals surface area contributed by atoms with Crippen molar-refractivity contribution in [2.24, 2.45) is 5.92 Å². The largest absolute Gasteiger partial charge is 0.384 e. The summed E-state index contributed by atoms with van der Waals surface area (Å²) >= 11 is 0. The lowest BCUT2D eigenvalue weighted by atomic mass is 9.89. The zero-order chi connectivity index (χ0) is 10.1. The molecule has 14 heavy (non-hydrogen) atoms. The minimum atomic E-state index is 0.705. The van der Waals surface area contributed by atoms with Gasteiger partial charge in [-0.1, -0.05) is 39.0 Å². The molecular weight excluding hydrogens is 170 g/mol. The monoisotopic (exact) mass is 189 g/mol. The maximum absolute atomic E-state index is 3.55. The topological polar surface area (TPSA) is 12.0 Å². The van der Waals surface area contributed by atoms with Crippen LogP contribution in [0, 0.1) is 5.92 Å². The van der Waals surface area contributed by atoms with Gasteiger partial charge in [0, 0.05) is 18.2 Å². The van der Waals surface area contributed by atoms with Crippen LogP contribution in [0.25, 0.3) is 0 Å². The standard InChI is InChI=1S/C13H19N/c1-4-10-6-5-7-11-12(9(2)3)8-14-13(10)11/h5-7,9,12,14H,4,8H2,1-3H3/t12-/m0/s1. The van der Waals surface area contributed by atoms with Crippen molar-refractivity contribution in [3.63, 3.8) is 0 Å². The van der Waals surface area contributed by atoms with Gasteiger partial charge in [0.2, 0.25) is 0 Å². The summed E-state index contributed by atoms with van der Waals surface area (Å²) in [6.07, 6.45) is 1.13. The molecule has 0 spiro atoms. The van der Waals surface area contributed by atoms with Crippen LogP contribution in [0.1, 0.15) is 37.8 Å². The van der Waals surface area contributed by atoms with E-state index in [-0.39, 0.29) is 0 Å². The molecule has 1 heteroatoms. The molecule has 0 bridgehead atoms. The number of rotatable bonds is 2. The summed E-state index contributed by atoms with van der Waals surface area (Å²) in [5.74, 6) is 1.44. The first-order valence-electron chi connectivity index (χ1n) is 5.59. The van der Waals surface area contributed by atoms with Crippen LogP contribution in [-0.2, 0) is 6.42 Å². The van der Waals surface area contributed by atoms with Crippen molar-refractivity contribution < 1.29 is 0 Å². The van der Waals surface area contributed by atoms with Crippen LogP contribution < -0.4 is 5.32 Å². The Labute approximate surface area is 86.5 Å². The quantitative estimate of drug-likeness (QED) is 0.751. The highest BCUT2D eigenvalue weighted by atomic mass is 14.9. The molecule has 1 N–H and O–H groups in total. The first-order chi connectivity index (χ1) is 6.74. The highest BCUT2D eigenvalue weighted by molar-refractivity contribution is 5.63. The summed E-state index contributed by atoms with van der Waals surface area (Å²) in [7, 11) is 0. The molecule has 0 fully saturated rings. The second kappa shape index (κ2) is 3.64. The number of nitrogens with one attached hydrogen (secondary N) is 1. The molecule has 1 aliphatic heterocycles. The van der Waals surface area contributed by atoms with Crippen LogP contribution in [0.2, 0.25) is 0 Å². The van der Waals surface area contributed by atoms with Gasteiger partial charge in [-0.05, 0) is 23.5 Å². The van der Waals surface area contributed by atoms with E-state index in [0.717, 1.165) is 18.9 Å². The molecule has 0 radical (unpaired) electrons. The molecule has 0 aromatic heterocycles. The summed E-state index contributed by atoms with van der Waals surface area (Å²) in [6.45, 7) is 7.95. The molecule has 2 rings (SSSR count). The molecule has 1 aliphatic rings. The molecule has 0 saturated carbocycles. The first kappa shape index (κ1) is 9.57. The molecule has 0 aliphatic carbocycles. The summed E-state index contributed by atoms with van der Waals surface area (Å²) < 4.78 is 0. The maximum atomic E-state index is 3.55. The molecule has 0 amide bonds. The second-order valence-electron chi connectivity index (χ2n) is 4.47. The van der Waals surface area contributed by atoms with E-state index in [1.807, 2.05) is 0 Å². The van der Waals surface area contributed by atoms with E-state index in [2.05, 4.69) is 44.3 Å². The molecule has 1 atom stereocenters. The van der Waals surface area contributed by atoms with E-state index in [0.29, 0.717) is 5.92 Å². The van der Waals surface area contributed by atoms with Crippen LogP contribution in [0.3, 0.4) is 0 Å². The van der Waals surface area contributed by atoms with E-state index in [1.165, 1.54) is 16.8 Å². The molecule has 1 aromatic rings. The number of aryl methyl sites for hydroxylation is 1. The summed E-state index contributed by atoms with van der Waals surface area (Å²) in [4.78, 5) is 0. The minimum Gasteiger partial charge on any atom is -0.384 e. The lowest BCUT2D eigenvalue weighted by Crippen LogP contribution is -2.08. The van der Waals surface area contributed by atoms with Crippen LogP contribution in [0.15, 0.2) is 18.2 Å². The lowest BCUT2D eigenvalue weighted by Gasteiger charge is -2.14. The average molecular weight is 189 g/mol. The Morgan fingerprint density at radius 3 is 2.86 bits per heavy atom. The predicted molar refractivity (Wildman–Crippen MR) is 61.9 cm³/mol. The third-order valence-corrected chi connectivity index (χ3v) is 3.27. The van der Waals surface area contributed by atoms with Crippen LogP contribution >= 0.6 is 0 Å². The fourth-order valence-corrected chi connectivity index (χ4v) is 2.36. The zero-order valence-electron chi connectivity index (χ0n) is 9.30. The van der Waals surface area contributed by atoms with Crippen molar-refractivity contribution in [2.75, 3.05) is 11.9 Å². The molecule has 76 valence electrons. The van der Waals surface area contributed by atoms with Crippen LogP contribution in [-0.4, -0.2) is 6.54 Å². The normalized spacial score (nSPS) is 19.6. The van der Waals surface area contributed by atoms with Gasteiger partial charge in [-0.2, -0.15) is 0 Å². The van der Waals surface area contributed by atoms with Gasteiger partial charge in [0.05, 0.1) is 0 Å². The fourth-order valence-electron chi connectivity index (χ4n) is 2.36. The van der Waals surface area contributed by atoms with Gasteiger partial charge < -0.3 is 5.32 Å². The van der Waals surface area contributed by atoms with Gasteiger partial charge in [-0.25, -0.2) is 0 Å². The van der Waals surface area contributed by atoms with Gasteiger partial charge in [0.1, 0.15) is 0 Å². The SMILES string of the molecule is CCc1cccc2c1NC[C@H]2C(C)C. The summed E-state index contributed by atoms with van der Waals surface area (Å²) in [6, 6.07) is 6.70. The third kappa shape index (κ3) is 1.41. The highest BCUT2D eigenvalue weighted by Gasteiger charge is 2.25. The molecule has 0 saturated heterocycles. The Kier molecular flexibility index (Phi) is 2.49. The first-order valence-corrected chi connectivity index (χ1v) is 5.59. The highest BCUT2D eigenvalue weighted by Crippen LogP contribution is 2.38. The molecule has 0 unspecified atom stereocenters. The molecule has 1 aromatic carbocycles. The van der Waals surface area contributed by atoms with E-state index < -0.39 is 0 Å². The third-order valence-electron chi connectivity index (χ3n) is 3.27. The zero-order valence-corrected chi connectivity index (χ0v) is 9.30. The van der Waals surface area contributed by atoms with Crippen molar-refractivity contribution in [3.05, 3.63) is 29.3 Å². The van der Waals surface area contributed by atoms with E-state index in [9.17, 15) is 0 Å². The number of anilines is 1. The number of hydrogen-bond donors (Lipinski definition) is 1. The summed E-state index contributed by atoms with van der Waals surface area (Å²) in [5, 5.41) is 3.55. The predicted octanol–water partition coefficient (Wildman–Crippen LogP) is 3.41. The molecular formula is C13H19N. The minimum absolute atomic E-state index is 0.705. The van der Waals surface area contributed by atoms with Crippen molar-refractivity contribution in [3.8, 4) is 0 Å². The van der Waals surface area contributed by atoms with Gasteiger partial charge in [-0.15, -0.1) is 0 Å². The van der Waals surface area contributed by atoms with Crippen molar-refractivity contribution in [1.82, 2.24) is 0 Å². The lowest BCUT2D eigenvalue weighted by molar-refractivity contribution is 0.533. The van der Waals surface area contributed by atoms with E-state index in [4.69, 9.17) is 0 Å². The van der Waals surface area contributed by atoms with E-state index in [1.54, 1.807) is 0 Å². The van der Waals surface area contributed by atoms with Crippen molar-refractivity contribution in [1.29, 1.82) is 0 Å². The fraction of sp³-hybridized carbons (Fsp3) is 0.538. The Hall–Kier alpha value is -0.980. The number of para-hydroxylation sites is 1.